The van der Waals surface area contributed by atoms with Gasteiger partial charge in [0.1, 0.15) is 6.61 Å². The molecule has 8 heteroatoms. The van der Waals surface area contributed by atoms with Gasteiger partial charge in [-0.3, -0.25) is 0 Å². The first-order chi connectivity index (χ1) is 10.4. The minimum atomic E-state index is -1.81. The SMILES string of the molecule is CN(C)C(=S)OCC(F)(Cn1ccnn1)c1ccc(Cl)cc1. The fourth-order valence-corrected chi connectivity index (χ4v) is 2.03. The van der Waals surface area contributed by atoms with E-state index in [1.54, 1.807) is 49.5 Å². The van der Waals surface area contributed by atoms with Crippen LogP contribution in [0.1, 0.15) is 5.56 Å². The summed E-state index contributed by atoms with van der Waals surface area (Å²) in [6.45, 7) is -0.268. The third kappa shape index (κ3) is 4.14. The molecule has 0 bridgehead atoms. The molecule has 0 fully saturated rings. The number of alkyl halides is 1. The van der Waals surface area contributed by atoms with Crippen LogP contribution in [-0.4, -0.2) is 45.8 Å². The maximum absolute atomic E-state index is 15.5. The van der Waals surface area contributed by atoms with Gasteiger partial charge in [-0.2, -0.15) is 0 Å². The molecule has 0 aliphatic rings. The molecule has 1 aromatic heterocycles. The van der Waals surface area contributed by atoms with Gasteiger partial charge < -0.3 is 9.64 Å². The van der Waals surface area contributed by atoms with Crippen molar-refractivity contribution in [3.63, 3.8) is 0 Å². The molecule has 118 valence electrons. The molecule has 22 heavy (non-hydrogen) atoms. The van der Waals surface area contributed by atoms with E-state index in [0.717, 1.165) is 0 Å². The van der Waals surface area contributed by atoms with E-state index in [9.17, 15) is 0 Å². The quantitative estimate of drug-likeness (QED) is 0.782. The first-order valence-electron chi connectivity index (χ1n) is 6.54. The lowest BCUT2D eigenvalue weighted by Crippen LogP contribution is -2.35. The Hall–Kier alpha value is -1.73. The molecule has 0 aliphatic carbocycles. The fraction of sp³-hybridized carbons (Fsp3) is 0.357. The van der Waals surface area contributed by atoms with Gasteiger partial charge >= 0.3 is 0 Å². The van der Waals surface area contributed by atoms with Crippen molar-refractivity contribution in [2.24, 2.45) is 0 Å². The second kappa shape index (κ2) is 7.02. The standard InChI is InChI=1S/C14H16ClFN4OS/c1-19(2)13(22)21-10-14(16,9-20-8-7-17-18-20)11-3-5-12(15)6-4-11/h3-8H,9-10H2,1-2H3. The monoisotopic (exact) mass is 342 g/mol. The lowest BCUT2D eigenvalue weighted by molar-refractivity contribution is 0.0495. The largest absolute Gasteiger partial charge is 0.467 e. The first-order valence-corrected chi connectivity index (χ1v) is 7.32. The summed E-state index contributed by atoms with van der Waals surface area (Å²) in [6, 6.07) is 6.52. The zero-order chi connectivity index (χ0) is 16.2. The average Bonchev–Trinajstić information content (AvgIpc) is 2.98. The number of nitrogens with zero attached hydrogens (tertiary/aromatic N) is 4. The van der Waals surface area contributed by atoms with Gasteiger partial charge in [-0.15, -0.1) is 5.10 Å². The van der Waals surface area contributed by atoms with Gasteiger partial charge in [0.05, 0.1) is 12.7 Å². The maximum Gasteiger partial charge on any atom is 0.258 e. The molecule has 2 rings (SSSR count). The zero-order valence-corrected chi connectivity index (χ0v) is 13.8. The highest BCUT2D eigenvalue weighted by atomic mass is 35.5. The van der Waals surface area contributed by atoms with Gasteiger partial charge in [0.2, 0.25) is 0 Å². The van der Waals surface area contributed by atoms with Crippen molar-refractivity contribution in [2.45, 2.75) is 12.2 Å². The minimum Gasteiger partial charge on any atom is -0.467 e. The van der Waals surface area contributed by atoms with Crippen molar-refractivity contribution in [3.8, 4) is 0 Å². The van der Waals surface area contributed by atoms with Gasteiger partial charge in [-0.05, 0) is 29.9 Å². The number of benzene rings is 1. The lowest BCUT2D eigenvalue weighted by atomic mass is 9.96. The molecule has 0 saturated heterocycles. The molecule has 0 N–H and O–H groups in total. The van der Waals surface area contributed by atoms with E-state index in [2.05, 4.69) is 10.3 Å². The van der Waals surface area contributed by atoms with E-state index in [1.165, 1.54) is 10.9 Å². The molecule has 5 nitrogen and oxygen atoms in total. The fourth-order valence-electron chi connectivity index (χ4n) is 1.85. The lowest BCUT2D eigenvalue weighted by Gasteiger charge is -2.27. The van der Waals surface area contributed by atoms with Gasteiger partial charge in [0, 0.05) is 25.3 Å². The van der Waals surface area contributed by atoms with Crippen LogP contribution in [0, 0.1) is 0 Å². The highest BCUT2D eigenvalue weighted by Crippen LogP contribution is 2.29. The molecule has 1 aromatic carbocycles. The second-order valence-electron chi connectivity index (χ2n) is 5.02. The Morgan fingerprint density at radius 1 is 1.41 bits per heavy atom. The summed E-state index contributed by atoms with van der Waals surface area (Å²) in [5.41, 5.74) is -1.37. The molecule has 0 spiro atoms. The van der Waals surface area contributed by atoms with Crippen LogP contribution >= 0.6 is 23.8 Å². The Morgan fingerprint density at radius 3 is 2.64 bits per heavy atom. The predicted octanol–water partition coefficient (Wildman–Crippen LogP) is 2.66. The Balaban J connectivity index is 2.23. The minimum absolute atomic E-state index is 0.0370. The van der Waals surface area contributed by atoms with Crippen LogP contribution in [0.2, 0.25) is 5.02 Å². The van der Waals surface area contributed by atoms with Crippen molar-refractivity contribution in [3.05, 3.63) is 47.2 Å². The van der Waals surface area contributed by atoms with Gasteiger partial charge in [-0.25, -0.2) is 9.07 Å². The molecular weight excluding hydrogens is 327 g/mol. The van der Waals surface area contributed by atoms with Crippen molar-refractivity contribution >= 4 is 29.0 Å². The smallest absolute Gasteiger partial charge is 0.258 e. The average molecular weight is 343 g/mol. The van der Waals surface area contributed by atoms with E-state index in [1.807, 2.05) is 0 Å². The van der Waals surface area contributed by atoms with Crippen LogP contribution in [0.5, 0.6) is 0 Å². The third-order valence-electron chi connectivity index (χ3n) is 3.04. The van der Waals surface area contributed by atoms with Gasteiger partial charge in [-0.1, -0.05) is 28.9 Å². The molecule has 1 unspecified atom stereocenters. The van der Waals surface area contributed by atoms with Crippen molar-refractivity contribution < 1.29 is 9.13 Å². The van der Waals surface area contributed by atoms with Gasteiger partial charge in [0.25, 0.3) is 5.17 Å². The summed E-state index contributed by atoms with van der Waals surface area (Å²) < 4.78 is 22.3. The van der Waals surface area contributed by atoms with Crippen molar-refractivity contribution in [2.75, 3.05) is 20.7 Å². The number of hydrogen-bond donors (Lipinski definition) is 0. The summed E-state index contributed by atoms with van der Waals surface area (Å²) in [5, 5.41) is 8.25. The Kier molecular flexibility index (Phi) is 5.31. The molecule has 0 saturated carbocycles. The maximum atomic E-state index is 15.5. The zero-order valence-electron chi connectivity index (χ0n) is 12.2. The summed E-state index contributed by atoms with van der Waals surface area (Å²) in [4.78, 5) is 1.60. The summed E-state index contributed by atoms with van der Waals surface area (Å²) in [6.07, 6.45) is 3.09. The number of aromatic nitrogens is 3. The summed E-state index contributed by atoms with van der Waals surface area (Å²) >= 11 is 10.9. The second-order valence-corrected chi connectivity index (χ2v) is 5.81. The molecule has 1 heterocycles. The van der Waals surface area contributed by atoms with Gasteiger partial charge in [0.15, 0.2) is 5.67 Å². The number of rotatable bonds is 5. The number of ether oxygens (including phenoxy) is 1. The Labute approximate surface area is 138 Å². The first kappa shape index (κ1) is 16.6. The predicted molar refractivity (Wildman–Crippen MR) is 86.5 cm³/mol. The van der Waals surface area contributed by atoms with Crippen LogP contribution in [0.4, 0.5) is 4.39 Å². The van der Waals surface area contributed by atoms with Crippen molar-refractivity contribution in [1.82, 2.24) is 19.9 Å². The number of thiocarbonyl (C=S) groups is 1. The third-order valence-corrected chi connectivity index (χ3v) is 3.77. The van der Waals surface area contributed by atoms with E-state index >= 15 is 4.39 Å². The van der Waals surface area contributed by atoms with E-state index in [-0.39, 0.29) is 18.3 Å². The number of hydrogen-bond acceptors (Lipinski definition) is 4. The van der Waals surface area contributed by atoms with E-state index in [4.69, 9.17) is 28.6 Å². The molecule has 0 radical (unpaired) electrons. The van der Waals surface area contributed by atoms with Crippen LogP contribution in [0.25, 0.3) is 0 Å². The van der Waals surface area contributed by atoms with Crippen LogP contribution in [-0.2, 0) is 17.0 Å². The highest BCUT2D eigenvalue weighted by molar-refractivity contribution is 7.80. The summed E-state index contributed by atoms with van der Waals surface area (Å²) in [7, 11) is 3.48. The van der Waals surface area contributed by atoms with Crippen LogP contribution < -0.4 is 0 Å². The van der Waals surface area contributed by atoms with Crippen LogP contribution in [0.3, 0.4) is 0 Å². The molecule has 0 aliphatic heterocycles. The Bertz CT molecular complexity index is 620. The highest BCUT2D eigenvalue weighted by Gasteiger charge is 2.35. The van der Waals surface area contributed by atoms with E-state index < -0.39 is 5.67 Å². The Morgan fingerprint density at radius 2 is 2.09 bits per heavy atom. The van der Waals surface area contributed by atoms with Crippen LogP contribution in [0.15, 0.2) is 36.7 Å². The molecule has 2 aromatic rings. The van der Waals surface area contributed by atoms with Crippen molar-refractivity contribution in [1.29, 1.82) is 0 Å². The molecule has 1 atom stereocenters. The summed E-state index contributed by atoms with van der Waals surface area (Å²) in [5.74, 6) is 0. The topological polar surface area (TPSA) is 43.2 Å². The molecular formula is C14H16ClFN4OS. The number of halogens is 2. The normalized spacial score (nSPS) is 13.5. The molecule has 0 amide bonds. The van der Waals surface area contributed by atoms with E-state index in [0.29, 0.717) is 10.6 Å².